The molecule has 0 radical (unpaired) electrons. The largest absolute Gasteiger partial charge is 0.412 e. The van der Waals surface area contributed by atoms with E-state index < -0.39 is 6.16 Å². The average molecular weight is 697 g/mol. The summed E-state index contributed by atoms with van der Waals surface area (Å²) in [5.74, 6) is 2.53. The number of ether oxygens (including phenoxy) is 4. The molecule has 49 heavy (non-hydrogen) atoms. The van der Waals surface area contributed by atoms with Crippen LogP contribution in [0.25, 0.3) is 0 Å². The molecule has 4 unspecified atom stereocenters. The molecule has 4 heteroatoms. The molecule has 0 aliphatic carbocycles. The molecular weight excluding hydrogens is 604 g/mol. The SMILES string of the molecule is CCCCCCCC(C)CCOC(OCCC(C)CCCCCCC)(OCCC(C)CCCCCCC)OCCC(C)CCCCCCC. The molecule has 0 saturated heterocycles. The second kappa shape index (κ2) is 36.2. The second-order valence-electron chi connectivity index (χ2n) is 16.3. The van der Waals surface area contributed by atoms with E-state index in [1.807, 2.05) is 0 Å². The molecule has 0 N–H and O–H groups in total. The first-order valence-electron chi connectivity index (χ1n) is 22.4. The van der Waals surface area contributed by atoms with Crippen LogP contribution < -0.4 is 0 Å². The molecule has 0 aliphatic heterocycles. The molecule has 0 rings (SSSR count). The third-order valence-electron chi connectivity index (χ3n) is 10.8. The van der Waals surface area contributed by atoms with Crippen molar-refractivity contribution in [3.63, 3.8) is 0 Å². The fourth-order valence-electron chi connectivity index (χ4n) is 6.75. The summed E-state index contributed by atoms with van der Waals surface area (Å²) in [6.45, 7) is 21.1. The van der Waals surface area contributed by atoms with Crippen molar-refractivity contribution in [1.82, 2.24) is 0 Å². The maximum absolute atomic E-state index is 6.60. The summed E-state index contributed by atoms with van der Waals surface area (Å²) in [6, 6.07) is 0. The Kier molecular flexibility index (Phi) is 36.1. The average Bonchev–Trinajstić information content (AvgIpc) is 3.08. The van der Waals surface area contributed by atoms with Gasteiger partial charge >= 0.3 is 6.16 Å². The van der Waals surface area contributed by atoms with Crippen LogP contribution in [0.2, 0.25) is 0 Å². The van der Waals surface area contributed by atoms with Crippen molar-refractivity contribution in [2.24, 2.45) is 23.7 Å². The lowest BCUT2D eigenvalue weighted by Crippen LogP contribution is -2.44. The van der Waals surface area contributed by atoms with Crippen LogP contribution in [0, 0.1) is 23.7 Å². The maximum Gasteiger partial charge on any atom is 0.412 e. The zero-order chi connectivity index (χ0) is 36.3. The number of hydrogen-bond acceptors (Lipinski definition) is 4. The van der Waals surface area contributed by atoms with Gasteiger partial charge in [0, 0.05) is 0 Å². The summed E-state index contributed by atoms with van der Waals surface area (Å²) in [7, 11) is 0. The smallest absolute Gasteiger partial charge is 0.303 e. The van der Waals surface area contributed by atoms with Crippen LogP contribution >= 0.6 is 0 Å². The van der Waals surface area contributed by atoms with Crippen molar-refractivity contribution < 1.29 is 18.9 Å². The minimum Gasteiger partial charge on any atom is -0.303 e. The molecule has 296 valence electrons. The van der Waals surface area contributed by atoms with Gasteiger partial charge in [0.2, 0.25) is 0 Å². The molecule has 4 nitrogen and oxygen atoms in total. The van der Waals surface area contributed by atoms with E-state index in [9.17, 15) is 0 Å². The summed E-state index contributed by atoms with van der Waals surface area (Å²) in [5.41, 5.74) is 0. The molecule has 0 aromatic heterocycles. The Morgan fingerprint density at radius 1 is 0.286 bits per heavy atom. The van der Waals surface area contributed by atoms with E-state index in [1.165, 1.54) is 154 Å². The first-order chi connectivity index (χ1) is 23.8. The van der Waals surface area contributed by atoms with Gasteiger partial charge < -0.3 is 18.9 Å². The highest BCUT2D eigenvalue weighted by atomic mass is 17.0. The molecular formula is C45H92O4. The topological polar surface area (TPSA) is 36.9 Å². The van der Waals surface area contributed by atoms with Crippen LogP contribution in [-0.4, -0.2) is 32.6 Å². The van der Waals surface area contributed by atoms with Crippen LogP contribution in [0.15, 0.2) is 0 Å². The minimum absolute atomic E-state index is 0.614. The van der Waals surface area contributed by atoms with Gasteiger partial charge in [0.1, 0.15) is 0 Å². The van der Waals surface area contributed by atoms with E-state index in [-0.39, 0.29) is 0 Å². The summed E-state index contributed by atoms with van der Waals surface area (Å²) in [6.07, 6.45) is 34.5. The lowest BCUT2D eigenvalue weighted by Gasteiger charge is -2.33. The molecule has 0 aliphatic rings. The summed E-state index contributed by atoms with van der Waals surface area (Å²) in [5, 5.41) is 0. The van der Waals surface area contributed by atoms with E-state index in [0.29, 0.717) is 50.1 Å². The Morgan fingerprint density at radius 3 is 0.694 bits per heavy atom. The molecule has 0 aromatic carbocycles. The zero-order valence-corrected chi connectivity index (χ0v) is 35.1. The van der Waals surface area contributed by atoms with Crippen LogP contribution in [-0.2, 0) is 18.9 Å². The third-order valence-corrected chi connectivity index (χ3v) is 10.8. The van der Waals surface area contributed by atoms with Crippen LogP contribution in [0.5, 0.6) is 0 Å². The Bertz CT molecular complexity index is 530. The van der Waals surface area contributed by atoms with Crippen molar-refractivity contribution in [3.05, 3.63) is 0 Å². The quantitative estimate of drug-likeness (QED) is 0.0472. The lowest BCUT2D eigenvalue weighted by atomic mass is 9.99. The first-order valence-corrected chi connectivity index (χ1v) is 22.4. The summed E-state index contributed by atoms with van der Waals surface area (Å²) < 4.78 is 26.4. The van der Waals surface area contributed by atoms with Crippen LogP contribution in [0.3, 0.4) is 0 Å². The van der Waals surface area contributed by atoms with Crippen molar-refractivity contribution in [2.75, 3.05) is 26.4 Å². The van der Waals surface area contributed by atoms with Crippen molar-refractivity contribution in [3.8, 4) is 0 Å². The van der Waals surface area contributed by atoms with Gasteiger partial charge in [0.25, 0.3) is 0 Å². The van der Waals surface area contributed by atoms with Gasteiger partial charge in [-0.25, -0.2) is 0 Å². The minimum atomic E-state index is -1.39. The predicted molar refractivity (Wildman–Crippen MR) is 215 cm³/mol. The molecule has 0 aromatic rings. The first kappa shape index (κ1) is 48.8. The lowest BCUT2D eigenvalue weighted by molar-refractivity contribution is -0.500. The van der Waals surface area contributed by atoms with E-state index >= 15 is 0 Å². The molecule has 0 saturated carbocycles. The number of unbranched alkanes of at least 4 members (excludes halogenated alkanes) is 16. The highest BCUT2D eigenvalue weighted by molar-refractivity contribution is 4.61. The third kappa shape index (κ3) is 32.2. The van der Waals surface area contributed by atoms with Gasteiger partial charge in [-0.1, -0.05) is 209 Å². The molecule has 0 amide bonds. The van der Waals surface area contributed by atoms with E-state index in [0.717, 1.165) is 25.7 Å². The van der Waals surface area contributed by atoms with Gasteiger partial charge in [-0.15, -0.1) is 0 Å². The molecule has 0 bridgehead atoms. The van der Waals surface area contributed by atoms with Crippen molar-refractivity contribution in [2.45, 2.75) is 241 Å². The normalized spacial score (nSPS) is 15.7. The van der Waals surface area contributed by atoms with E-state index in [1.54, 1.807) is 0 Å². The highest BCUT2D eigenvalue weighted by Crippen LogP contribution is 2.26. The Balaban J connectivity index is 5.35. The molecule has 0 spiro atoms. The van der Waals surface area contributed by atoms with Gasteiger partial charge in [-0.3, -0.25) is 0 Å². The highest BCUT2D eigenvalue weighted by Gasteiger charge is 2.36. The van der Waals surface area contributed by atoms with Gasteiger partial charge in [-0.2, -0.15) is 0 Å². The van der Waals surface area contributed by atoms with Crippen molar-refractivity contribution in [1.29, 1.82) is 0 Å². The number of hydrogen-bond donors (Lipinski definition) is 0. The Morgan fingerprint density at radius 2 is 0.490 bits per heavy atom. The Hall–Kier alpha value is -0.160. The fraction of sp³-hybridized carbons (Fsp3) is 1.00. The van der Waals surface area contributed by atoms with Crippen LogP contribution in [0.4, 0.5) is 0 Å². The van der Waals surface area contributed by atoms with E-state index in [2.05, 4.69) is 55.4 Å². The maximum atomic E-state index is 6.60. The fourth-order valence-corrected chi connectivity index (χ4v) is 6.75. The second-order valence-corrected chi connectivity index (χ2v) is 16.3. The summed E-state index contributed by atoms with van der Waals surface area (Å²) in [4.78, 5) is 0. The van der Waals surface area contributed by atoms with E-state index in [4.69, 9.17) is 18.9 Å². The molecule has 0 heterocycles. The summed E-state index contributed by atoms with van der Waals surface area (Å²) >= 11 is 0. The van der Waals surface area contributed by atoms with Crippen LogP contribution in [0.1, 0.15) is 235 Å². The zero-order valence-electron chi connectivity index (χ0n) is 35.1. The standard InChI is InChI=1S/C45H92O4/c1-9-13-17-21-25-29-41(5)33-37-46-45(47-38-34-42(6)30-26-22-18-14-10-2,48-39-35-43(7)31-27-23-19-15-11-3)49-40-36-44(8)32-28-24-20-16-12-4/h41-44H,9-40H2,1-8H3. The van der Waals surface area contributed by atoms with Gasteiger partial charge in [-0.05, 0) is 49.4 Å². The van der Waals surface area contributed by atoms with Crippen molar-refractivity contribution >= 4 is 0 Å². The number of rotatable bonds is 40. The van der Waals surface area contributed by atoms with Gasteiger partial charge in [0.15, 0.2) is 0 Å². The molecule has 4 atom stereocenters. The monoisotopic (exact) mass is 697 g/mol. The van der Waals surface area contributed by atoms with Gasteiger partial charge in [0.05, 0.1) is 26.4 Å². The Labute approximate surface area is 309 Å². The predicted octanol–water partition coefficient (Wildman–Crippen LogP) is 15.2. The molecule has 0 fully saturated rings.